The molecule has 4 nitrogen and oxygen atoms in total. The summed E-state index contributed by atoms with van der Waals surface area (Å²) in [5, 5.41) is 3.29. The summed E-state index contributed by atoms with van der Waals surface area (Å²) in [6.07, 6.45) is 6.78. The fourth-order valence-electron chi connectivity index (χ4n) is 6.08. The molecule has 2 fully saturated rings. The van der Waals surface area contributed by atoms with Crippen LogP contribution in [-0.2, 0) is 4.79 Å². The lowest BCUT2D eigenvalue weighted by molar-refractivity contribution is -0.125. The Bertz CT molecular complexity index is 1170. The molecule has 1 aliphatic heterocycles. The van der Waals surface area contributed by atoms with Crippen LogP contribution in [0.3, 0.4) is 0 Å². The average molecular weight is 527 g/mol. The van der Waals surface area contributed by atoms with Gasteiger partial charge < -0.3 is 10.2 Å². The van der Waals surface area contributed by atoms with E-state index in [9.17, 15) is 9.59 Å². The number of hydrogen-bond acceptors (Lipinski definition) is 3. The summed E-state index contributed by atoms with van der Waals surface area (Å²) in [6.45, 7) is 2.55. The van der Waals surface area contributed by atoms with Crippen LogP contribution < -0.4 is 5.32 Å². The lowest BCUT2D eigenvalue weighted by Gasteiger charge is -2.35. The molecule has 198 valence electrons. The Balaban J connectivity index is 1.31. The minimum absolute atomic E-state index is 0.00438. The van der Waals surface area contributed by atoms with Crippen LogP contribution in [-0.4, -0.2) is 40.4 Å². The zero-order valence-corrected chi connectivity index (χ0v) is 23.0. The first kappa shape index (κ1) is 26.6. The molecule has 1 aliphatic carbocycles. The number of aryl methyl sites for hydroxylation is 1. The molecule has 2 atom stereocenters. The average Bonchev–Trinajstić information content (AvgIpc) is 3.42. The molecule has 0 bridgehead atoms. The Labute approximate surface area is 231 Å². The third-order valence-corrected chi connectivity index (χ3v) is 9.60. The van der Waals surface area contributed by atoms with E-state index in [2.05, 4.69) is 53.8 Å². The standard InChI is InChI=1S/C33H38N2O2S/c1-24-13-11-12-20-28(24)32(37)35-30(23-38-33(35)27-18-9-4-10-19-27)31(36)34-22-21-29(25-14-5-2-6-15-25)26-16-7-3-8-17-26/h2-3,5-8,11-17,20,27,29-30,33H,4,9-10,18-19,21-23H2,1H3,(H,34,36). The second kappa shape index (κ2) is 12.7. The van der Waals surface area contributed by atoms with Gasteiger partial charge in [-0.15, -0.1) is 11.8 Å². The highest BCUT2D eigenvalue weighted by Gasteiger charge is 2.45. The SMILES string of the molecule is Cc1ccccc1C(=O)N1C(C(=O)NCCC(c2ccccc2)c2ccccc2)CSC1C1CCCCC1. The van der Waals surface area contributed by atoms with Crippen LogP contribution in [0, 0.1) is 12.8 Å². The van der Waals surface area contributed by atoms with E-state index in [1.807, 2.05) is 48.2 Å². The van der Waals surface area contributed by atoms with E-state index in [1.54, 1.807) is 11.8 Å². The molecule has 38 heavy (non-hydrogen) atoms. The van der Waals surface area contributed by atoms with Gasteiger partial charge in [0.05, 0.1) is 5.37 Å². The van der Waals surface area contributed by atoms with Gasteiger partial charge in [0.25, 0.3) is 5.91 Å². The van der Waals surface area contributed by atoms with Crippen molar-refractivity contribution in [2.75, 3.05) is 12.3 Å². The van der Waals surface area contributed by atoms with Crippen molar-refractivity contribution in [3.05, 3.63) is 107 Å². The zero-order chi connectivity index (χ0) is 26.3. The highest BCUT2D eigenvalue weighted by molar-refractivity contribution is 8.00. The Hall–Kier alpha value is -3.05. The number of carbonyl (C=O) groups is 2. The molecule has 3 aromatic carbocycles. The Morgan fingerprint density at radius 2 is 1.47 bits per heavy atom. The third-order valence-electron chi connectivity index (χ3n) is 8.14. The van der Waals surface area contributed by atoms with E-state index in [4.69, 9.17) is 0 Å². The van der Waals surface area contributed by atoms with Crippen LogP contribution in [0.5, 0.6) is 0 Å². The first-order chi connectivity index (χ1) is 18.6. The fourth-order valence-corrected chi connectivity index (χ4v) is 7.71. The Morgan fingerprint density at radius 1 is 0.868 bits per heavy atom. The highest BCUT2D eigenvalue weighted by Crippen LogP contribution is 2.41. The van der Waals surface area contributed by atoms with Crippen molar-refractivity contribution in [1.29, 1.82) is 0 Å². The molecule has 0 spiro atoms. The molecule has 2 amide bonds. The molecule has 1 saturated carbocycles. The maximum absolute atomic E-state index is 13.9. The molecule has 2 unspecified atom stereocenters. The van der Waals surface area contributed by atoms with Crippen LogP contribution in [0.2, 0.25) is 0 Å². The molecule has 0 radical (unpaired) electrons. The van der Waals surface area contributed by atoms with Crippen molar-refractivity contribution in [2.24, 2.45) is 5.92 Å². The van der Waals surface area contributed by atoms with Gasteiger partial charge in [-0.05, 0) is 54.9 Å². The third kappa shape index (κ3) is 5.99. The van der Waals surface area contributed by atoms with E-state index in [-0.39, 0.29) is 23.1 Å². The molecule has 0 aromatic heterocycles. The monoisotopic (exact) mass is 526 g/mol. The van der Waals surface area contributed by atoms with Crippen molar-refractivity contribution in [3.8, 4) is 0 Å². The predicted octanol–water partition coefficient (Wildman–Crippen LogP) is 6.80. The van der Waals surface area contributed by atoms with Crippen LogP contribution in [0.1, 0.15) is 71.5 Å². The van der Waals surface area contributed by atoms with Gasteiger partial charge in [0, 0.05) is 23.8 Å². The van der Waals surface area contributed by atoms with Crippen LogP contribution in [0.4, 0.5) is 0 Å². The summed E-state index contributed by atoms with van der Waals surface area (Å²) in [6, 6.07) is 28.3. The number of thioether (sulfide) groups is 1. The number of nitrogens with one attached hydrogen (secondary N) is 1. The van der Waals surface area contributed by atoms with Crippen LogP contribution in [0.25, 0.3) is 0 Å². The van der Waals surface area contributed by atoms with E-state index >= 15 is 0 Å². The lowest BCUT2D eigenvalue weighted by atomic mass is 9.88. The number of rotatable bonds is 8. The van der Waals surface area contributed by atoms with E-state index in [1.165, 1.54) is 30.4 Å². The fraction of sp³-hybridized carbons (Fsp3) is 0.394. The number of carbonyl (C=O) groups excluding carboxylic acids is 2. The Kier molecular flexibility index (Phi) is 8.85. The van der Waals surface area contributed by atoms with Crippen molar-refractivity contribution in [3.63, 3.8) is 0 Å². The van der Waals surface area contributed by atoms with Gasteiger partial charge in [0.15, 0.2) is 0 Å². The van der Waals surface area contributed by atoms with E-state index in [0.717, 1.165) is 24.8 Å². The smallest absolute Gasteiger partial charge is 0.255 e. The van der Waals surface area contributed by atoms with Crippen molar-refractivity contribution < 1.29 is 9.59 Å². The van der Waals surface area contributed by atoms with Gasteiger partial charge in [-0.2, -0.15) is 0 Å². The van der Waals surface area contributed by atoms with Crippen molar-refractivity contribution in [2.45, 2.75) is 62.8 Å². The molecular weight excluding hydrogens is 488 g/mol. The number of benzene rings is 3. The summed E-state index contributed by atoms with van der Waals surface area (Å²) in [5.74, 6) is 1.29. The first-order valence-electron chi connectivity index (χ1n) is 14.0. The predicted molar refractivity (Wildman–Crippen MR) is 156 cm³/mol. The largest absolute Gasteiger partial charge is 0.354 e. The topological polar surface area (TPSA) is 49.4 Å². The quantitative estimate of drug-likeness (QED) is 0.351. The molecule has 5 heteroatoms. The second-order valence-electron chi connectivity index (χ2n) is 10.6. The van der Waals surface area contributed by atoms with Gasteiger partial charge in [0.2, 0.25) is 5.91 Å². The molecule has 2 aliphatic rings. The van der Waals surface area contributed by atoms with Crippen molar-refractivity contribution in [1.82, 2.24) is 10.2 Å². The molecule has 3 aromatic rings. The van der Waals surface area contributed by atoms with Gasteiger partial charge in [0.1, 0.15) is 6.04 Å². The summed E-state index contributed by atoms with van der Waals surface area (Å²) in [4.78, 5) is 29.5. The number of hydrogen-bond donors (Lipinski definition) is 1. The first-order valence-corrected chi connectivity index (χ1v) is 15.1. The maximum Gasteiger partial charge on any atom is 0.255 e. The number of nitrogens with zero attached hydrogens (tertiary/aromatic N) is 1. The van der Waals surface area contributed by atoms with Crippen LogP contribution in [0.15, 0.2) is 84.9 Å². The van der Waals surface area contributed by atoms with Gasteiger partial charge in [-0.1, -0.05) is 98.1 Å². The minimum atomic E-state index is -0.439. The zero-order valence-electron chi connectivity index (χ0n) is 22.2. The molecule has 1 saturated heterocycles. The van der Waals surface area contributed by atoms with Crippen LogP contribution >= 0.6 is 11.8 Å². The molecule has 1 N–H and O–H groups in total. The Morgan fingerprint density at radius 3 is 2.11 bits per heavy atom. The maximum atomic E-state index is 13.9. The number of amides is 2. The van der Waals surface area contributed by atoms with Gasteiger partial charge in [-0.25, -0.2) is 0 Å². The molecular formula is C33H38N2O2S. The van der Waals surface area contributed by atoms with Gasteiger partial charge in [-0.3, -0.25) is 9.59 Å². The van der Waals surface area contributed by atoms with E-state index < -0.39 is 6.04 Å². The summed E-state index contributed by atoms with van der Waals surface area (Å²) < 4.78 is 0. The minimum Gasteiger partial charge on any atom is -0.354 e. The summed E-state index contributed by atoms with van der Waals surface area (Å²) >= 11 is 1.80. The summed E-state index contributed by atoms with van der Waals surface area (Å²) in [5.41, 5.74) is 4.17. The molecule has 5 rings (SSSR count). The molecule has 1 heterocycles. The van der Waals surface area contributed by atoms with Gasteiger partial charge >= 0.3 is 0 Å². The highest BCUT2D eigenvalue weighted by atomic mass is 32.2. The second-order valence-corrected chi connectivity index (χ2v) is 11.8. The normalized spacial score (nSPS) is 20.0. The lowest BCUT2D eigenvalue weighted by Crippen LogP contribution is -2.51. The van der Waals surface area contributed by atoms with Crippen molar-refractivity contribution >= 4 is 23.6 Å². The summed E-state index contributed by atoms with van der Waals surface area (Å²) in [7, 11) is 0. The van der Waals surface area contributed by atoms with E-state index in [0.29, 0.717) is 23.8 Å².